The van der Waals surface area contributed by atoms with Crippen LogP contribution in [0.25, 0.3) is 17.2 Å². The van der Waals surface area contributed by atoms with Crippen molar-refractivity contribution in [1.29, 1.82) is 0 Å². The summed E-state index contributed by atoms with van der Waals surface area (Å²) in [4.78, 5) is 22.2. The smallest absolute Gasteiger partial charge is 0.338 e. The first-order valence-corrected chi connectivity index (χ1v) is 6.95. The second kappa shape index (κ2) is 7.22. The first kappa shape index (κ1) is 16.2. The zero-order chi connectivity index (χ0) is 16.8. The Morgan fingerprint density at radius 3 is 2.35 bits per heavy atom. The number of ether oxygens (including phenoxy) is 1. The monoisotopic (exact) mass is 308 g/mol. The van der Waals surface area contributed by atoms with Crippen molar-refractivity contribution in [3.63, 3.8) is 0 Å². The number of carbonyl (C=O) groups is 2. The van der Waals surface area contributed by atoms with Crippen molar-refractivity contribution in [2.75, 3.05) is 0 Å². The van der Waals surface area contributed by atoms with Gasteiger partial charge in [0, 0.05) is 11.6 Å². The van der Waals surface area contributed by atoms with Gasteiger partial charge in [0.25, 0.3) is 0 Å². The molecule has 0 heterocycles. The zero-order valence-electron chi connectivity index (χ0n) is 12.7. The molecule has 2 aromatic carbocycles. The second-order valence-electron chi connectivity index (χ2n) is 4.95. The van der Waals surface area contributed by atoms with Crippen molar-refractivity contribution in [2.24, 2.45) is 0 Å². The molecule has 0 aliphatic carbocycles. The summed E-state index contributed by atoms with van der Waals surface area (Å²) >= 11 is 0. The Hall–Kier alpha value is -3.14. The van der Waals surface area contributed by atoms with Crippen LogP contribution in [0.2, 0.25) is 0 Å². The molecule has 0 unspecified atom stereocenters. The minimum absolute atomic E-state index is 0.332. The van der Waals surface area contributed by atoms with E-state index in [4.69, 9.17) is 9.84 Å². The van der Waals surface area contributed by atoms with E-state index in [0.717, 1.165) is 22.8 Å². The summed E-state index contributed by atoms with van der Waals surface area (Å²) < 4.78 is 5.15. The number of esters is 1. The number of hydrogen-bond donors (Lipinski definition) is 1. The van der Waals surface area contributed by atoms with Gasteiger partial charge in [-0.2, -0.15) is 0 Å². The van der Waals surface area contributed by atoms with Gasteiger partial charge in [0.1, 0.15) is 5.75 Å². The number of hydrogen-bond acceptors (Lipinski definition) is 3. The molecule has 0 aromatic heterocycles. The van der Waals surface area contributed by atoms with Crippen LogP contribution in [0.5, 0.6) is 5.75 Å². The Bertz CT molecular complexity index is 770. The predicted octanol–water partition coefficient (Wildman–Crippen LogP) is 3.93. The number of rotatable bonds is 5. The van der Waals surface area contributed by atoms with E-state index in [0.29, 0.717) is 11.3 Å². The molecule has 23 heavy (non-hydrogen) atoms. The number of aliphatic carboxylic acids is 1. The van der Waals surface area contributed by atoms with E-state index in [1.807, 2.05) is 36.4 Å². The van der Waals surface area contributed by atoms with Gasteiger partial charge in [0.2, 0.25) is 0 Å². The molecule has 2 rings (SSSR count). The van der Waals surface area contributed by atoms with Crippen molar-refractivity contribution in [1.82, 2.24) is 0 Å². The Balaban J connectivity index is 2.28. The lowest BCUT2D eigenvalue weighted by atomic mass is 9.99. The summed E-state index contributed by atoms with van der Waals surface area (Å²) in [5.41, 5.74) is 2.91. The highest BCUT2D eigenvalue weighted by Gasteiger charge is 2.07. The highest BCUT2D eigenvalue weighted by Crippen LogP contribution is 2.26. The van der Waals surface area contributed by atoms with Crippen molar-refractivity contribution in [2.45, 2.75) is 6.92 Å². The Morgan fingerprint density at radius 2 is 1.74 bits per heavy atom. The maximum Gasteiger partial charge on any atom is 0.338 e. The van der Waals surface area contributed by atoms with E-state index < -0.39 is 11.9 Å². The van der Waals surface area contributed by atoms with E-state index in [9.17, 15) is 9.59 Å². The van der Waals surface area contributed by atoms with Crippen LogP contribution in [0.4, 0.5) is 0 Å². The molecule has 116 valence electrons. The fourth-order valence-electron chi connectivity index (χ4n) is 1.96. The van der Waals surface area contributed by atoms with Crippen LogP contribution in [0.15, 0.2) is 66.8 Å². The molecule has 0 aliphatic heterocycles. The van der Waals surface area contributed by atoms with Gasteiger partial charge in [0.05, 0.1) is 0 Å². The van der Waals surface area contributed by atoms with Crippen LogP contribution in [0.3, 0.4) is 0 Å². The summed E-state index contributed by atoms with van der Waals surface area (Å²) in [6.07, 6.45) is 2.65. The normalized spacial score (nSPS) is 10.5. The summed E-state index contributed by atoms with van der Waals surface area (Å²) in [6, 6.07) is 14.5. The number of benzene rings is 2. The van der Waals surface area contributed by atoms with Crippen LogP contribution < -0.4 is 4.74 Å². The minimum Gasteiger partial charge on any atom is -0.478 e. The Kier molecular flexibility index (Phi) is 5.10. The molecule has 0 amide bonds. The van der Waals surface area contributed by atoms with Crippen molar-refractivity contribution in [3.8, 4) is 16.9 Å². The fraction of sp³-hybridized carbons (Fsp3) is 0.0526. The molecule has 0 spiro atoms. The van der Waals surface area contributed by atoms with Gasteiger partial charge < -0.3 is 9.84 Å². The summed E-state index contributed by atoms with van der Waals surface area (Å²) in [5, 5.41) is 8.76. The molecular formula is C19H16O4. The Morgan fingerprint density at radius 1 is 1.09 bits per heavy atom. The van der Waals surface area contributed by atoms with Crippen LogP contribution >= 0.6 is 0 Å². The molecule has 0 atom stereocenters. The third-order valence-corrected chi connectivity index (χ3v) is 3.09. The van der Waals surface area contributed by atoms with Crippen LogP contribution in [-0.2, 0) is 9.59 Å². The van der Waals surface area contributed by atoms with Gasteiger partial charge in [0.15, 0.2) is 0 Å². The molecule has 4 nitrogen and oxygen atoms in total. The van der Waals surface area contributed by atoms with Gasteiger partial charge in [-0.05, 0) is 41.8 Å². The van der Waals surface area contributed by atoms with Crippen LogP contribution in [-0.4, -0.2) is 17.0 Å². The number of carbonyl (C=O) groups excluding carboxylic acids is 1. The lowest BCUT2D eigenvalue weighted by Gasteiger charge is -2.08. The summed E-state index contributed by atoms with van der Waals surface area (Å²) in [5.74, 6) is -1.04. The van der Waals surface area contributed by atoms with Gasteiger partial charge in [-0.1, -0.05) is 43.0 Å². The summed E-state index contributed by atoms with van der Waals surface area (Å²) in [6.45, 7) is 5.12. The molecule has 0 saturated carbocycles. The molecular weight excluding hydrogens is 292 g/mol. The van der Waals surface area contributed by atoms with E-state index in [1.54, 1.807) is 25.1 Å². The standard InChI is InChI=1S/C19H16O4/c1-13(2)19(22)23-16-10-7-15(8-11-16)17-6-4-3-5-14(17)9-12-18(20)21/h3-12H,1H2,2H3,(H,20,21)/b12-9+. The SMILES string of the molecule is C=C(C)C(=O)Oc1ccc(-c2ccccc2/C=C/C(=O)O)cc1. The third kappa shape index (κ3) is 4.41. The maximum atomic E-state index is 11.5. The molecule has 4 heteroatoms. The Labute approximate surface area is 134 Å². The van der Waals surface area contributed by atoms with Crippen LogP contribution in [0, 0.1) is 0 Å². The molecule has 0 bridgehead atoms. The van der Waals surface area contributed by atoms with Gasteiger partial charge in [-0.15, -0.1) is 0 Å². The van der Waals surface area contributed by atoms with Gasteiger partial charge in [-0.3, -0.25) is 0 Å². The molecule has 0 fully saturated rings. The van der Waals surface area contributed by atoms with Gasteiger partial charge >= 0.3 is 11.9 Å². The van der Waals surface area contributed by atoms with Crippen molar-refractivity contribution < 1.29 is 19.4 Å². The first-order chi connectivity index (χ1) is 11.0. The minimum atomic E-state index is -0.998. The molecule has 0 aliphatic rings. The lowest BCUT2D eigenvalue weighted by Crippen LogP contribution is -2.07. The third-order valence-electron chi connectivity index (χ3n) is 3.09. The molecule has 1 N–H and O–H groups in total. The first-order valence-electron chi connectivity index (χ1n) is 6.95. The molecule has 2 aromatic rings. The summed E-state index contributed by atoms with van der Waals surface area (Å²) in [7, 11) is 0. The highest BCUT2D eigenvalue weighted by molar-refractivity contribution is 5.89. The quantitative estimate of drug-likeness (QED) is 0.516. The number of carboxylic acid groups (broad SMARTS) is 1. The largest absolute Gasteiger partial charge is 0.478 e. The average molecular weight is 308 g/mol. The zero-order valence-corrected chi connectivity index (χ0v) is 12.7. The van der Waals surface area contributed by atoms with E-state index in [-0.39, 0.29) is 0 Å². The van der Waals surface area contributed by atoms with Crippen molar-refractivity contribution >= 4 is 18.0 Å². The number of carboxylic acids is 1. The molecule has 0 radical (unpaired) electrons. The predicted molar refractivity (Wildman–Crippen MR) is 89.0 cm³/mol. The molecule has 0 saturated heterocycles. The lowest BCUT2D eigenvalue weighted by molar-refractivity contribution is -0.131. The van der Waals surface area contributed by atoms with Crippen LogP contribution in [0.1, 0.15) is 12.5 Å². The van der Waals surface area contributed by atoms with E-state index in [1.165, 1.54) is 0 Å². The highest BCUT2D eigenvalue weighted by atomic mass is 16.5. The topological polar surface area (TPSA) is 63.6 Å². The van der Waals surface area contributed by atoms with E-state index >= 15 is 0 Å². The van der Waals surface area contributed by atoms with E-state index in [2.05, 4.69) is 6.58 Å². The fourth-order valence-corrected chi connectivity index (χ4v) is 1.96. The maximum absolute atomic E-state index is 11.5. The second-order valence-corrected chi connectivity index (χ2v) is 4.95. The van der Waals surface area contributed by atoms with Gasteiger partial charge in [-0.25, -0.2) is 9.59 Å². The average Bonchev–Trinajstić information content (AvgIpc) is 2.54. The van der Waals surface area contributed by atoms with Crippen molar-refractivity contribution in [3.05, 3.63) is 72.3 Å².